The van der Waals surface area contributed by atoms with Crippen LogP contribution in [0.15, 0.2) is 48.5 Å². The number of amides is 2. The summed E-state index contributed by atoms with van der Waals surface area (Å²) in [6.45, 7) is 3.16. The van der Waals surface area contributed by atoms with Crippen molar-refractivity contribution in [1.82, 2.24) is 4.90 Å². The first-order chi connectivity index (χ1) is 13.1. The lowest BCUT2D eigenvalue weighted by molar-refractivity contribution is -0.122. The standard InChI is InChI=1S/C21H23ClN2O3/c1-15(27-19-12-6-4-10-17(19)22)20(25)23-18-11-5-3-9-16(18)21(26)24-13-7-2-8-14-24/h3-6,9-12,15H,2,7-8,13-14H2,1H3,(H,23,25)/t15-/m0/s1. The number of hydrogen-bond acceptors (Lipinski definition) is 3. The second kappa shape index (κ2) is 8.91. The molecular weight excluding hydrogens is 364 g/mol. The van der Waals surface area contributed by atoms with Gasteiger partial charge in [0.2, 0.25) is 0 Å². The summed E-state index contributed by atoms with van der Waals surface area (Å²) in [7, 11) is 0. The summed E-state index contributed by atoms with van der Waals surface area (Å²) in [6, 6.07) is 14.1. The number of ether oxygens (including phenoxy) is 1. The Bertz CT molecular complexity index is 819. The largest absolute Gasteiger partial charge is 0.479 e. The summed E-state index contributed by atoms with van der Waals surface area (Å²) in [5.41, 5.74) is 0.991. The van der Waals surface area contributed by atoms with Crippen LogP contribution in [0.2, 0.25) is 5.02 Å². The van der Waals surface area contributed by atoms with Crippen LogP contribution >= 0.6 is 11.6 Å². The summed E-state index contributed by atoms with van der Waals surface area (Å²) in [5, 5.41) is 3.26. The summed E-state index contributed by atoms with van der Waals surface area (Å²) >= 11 is 6.08. The summed E-state index contributed by atoms with van der Waals surface area (Å²) in [4.78, 5) is 27.3. The number of nitrogens with one attached hydrogen (secondary N) is 1. The van der Waals surface area contributed by atoms with Crippen LogP contribution in [-0.2, 0) is 4.79 Å². The van der Waals surface area contributed by atoms with Crippen LogP contribution in [-0.4, -0.2) is 35.9 Å². The highest BCUT2D eigenvalue weighted by molar-refractivity contribution is 6.32. The Morgan fingerprint density at radius 1 is 1.04 bits per heavy atom. The molecule has 3 rings (SSSR count). The van der Waals surface area contributed by atoms with Crippen molar-refractivity contribution >= 4 is 29.1 Å². The molecule has 5 nitrogen and oxygen atoms in total. The molecule has 1 N–H and O–H groups in total. The second-order valence-corrected chi connectivity index (χ2v) is 6.99. The van der Waals surface area contributed by atoms with Gasteiger partial charge in [0.05, 0.1) is 16.3 Å². The number of carbonyl (C=O) groups excluding carboxylic acids is 2. The third kappa shape index (κ3) is 4.80. The van der Waals surface area contributed by atoms with E-state index in [4.69, 9.17) is 16.3 Å². The van der Waals surface area contributed by atoms with Gasteiger partial charge in [0.15, 0.2) is 6.10 Å². The summed E-state index contributed by atoms with van der Waals surface area (Å²) in [6.07, 6.45) is 2.42. The molecule has 1 heterocycles. The molecule has 2 aromatic carbocycles. The molecule has 1 aliphatic heterocycles. The van der Waals surface area contributed by atoms with Crippen LogP contribution < -0.4 is 10.1 Å². The Labute approximate surface area is 164 Å². The van der Waals surface area contributed by atoms with E-state index in [2.05, 4.69) is 5.32 Å². The molecule has 142 valence electrons. The van der Waals surface area contributed by atoms with Crippen molar-refractivity contribution in [3.05, 3.63) is 59.1 Å². The highest BCUT2D eigenvalue weighted by Gasteiger charge is 2.23. The van der Waals surface area contributed by atoms with E-state index in [0.29, 0.717) is 22.0 Å². The van der Waals surface area contributed by atoms with Gasteiger partial charge in [-0.3, -0.25) is 9.59 Å². The summed E-state index contributed by atoms with van der Waals surface area (Å²) in [5.74, 6) is 0.0542. The van der Waals surface area contributed by atoms with Crippen molar-refractivity contribution in [3.63, 3.8) is 0 Å². The Balaban J connectivity index is 1.70. The lowest BCUT2D eigenvalue weighted by Crippen LogP contribution is -2.36. The van der Waals surface area contributed by atoms with Crippen LogP contribution in [0.5, 0.6) is 5.75 Å². The lowest BCUT2D eigenvalue weighted by Gasteiger charge is -2.27. The van der Waals surface area contributed by atoms with Crippen LogP contribution in [0.3, 0.4) is 0 Å². The third-order valence-electron chi connectivity index (χ3n) is 4.57. The maximum atomic E-state index is 12.8. The molecule has 0 bridgehead atoms. The zero-order valence-electron chi connectivity index (χ0n) is 15.3. The molecule has 1 fully saturated rings. The van der Waals surface area contributed by atoms with E-state index in [-0.39, 0.29) is 11.8 Å². The fraction of sp³-hybridized carbons (Fsp3) is 0.333. The van der Waals surface area contributed by atoms with Gasteiger partial charge >= 0.3 is 0 Å². The Kier molecular flexibility index (Phi) is 6.35. The molecule has 27 heavy (non-hydrogen) atoms. The average Bonchev–Trinajstić information content (AvgIpc) is 2.70. The van der Waals surface area contributed by atoms with Crippen molar-refractivity contribution in [3.8, 4) is 5.75 Å². The van der Waals surface area contributed by atoms with Gasteiger partial charge in [-0.25, -0.2) is 0 Å². The third-order valence-corrected chi connectivity index (χ3v) is 4.88. The topological polar surface area (TPSA) is 58.6 Å². The molecule has 2 aromatic rings. The molecule has 1 aliphatic rings. The van der Waals surface area contributed by atoms with Crippen molar-refractivity contribution in [1.29, 1.82) is 0 Å². The number of carbonyl (C=O) groups is 2. The van der Waals surface area contributed by atoms with Gasteiger partial charge in [0, 0.05) is 13.1 Å². The monoisotopic (exact) mass is 386 g/mol. The zero-order chi connectivity index (χ0) is 19.2. The quantitative estimate of drug-likeness (QED) is 0.829. The number of para-hydroxylation sites is 2. The van der Waals surface area contributed by atoms with Gasteiger partial charge in [0.1, 0.15) is 5.75 Å². The number of halogens is 1. The Hall–Kier alpha value is -2.53. The lowest BCUT2D eigenvalue weighted by atomic mass is 10.1. The minimum Gasteiger partial charge on any atom is -0.479 e. The number of likely N-dealkylation sites (tertiary alicyclic amines) is 1. The van der Waals surface area contributed by atoms with E-state index in [0.717, 1.165) is 32.4 Å². The molecule has 1 atom stereocenters. The van der Waals surface area contributed by atoms with Crippen LogP contribution in [0.1, 0.15) is 36.5 Å². The fourth-order valence-electron chi connectivity index (χ4n) is 3.06. The van der Waals surface area contributed by atoms with Gasteiger partial charge < -0.3 is 15.0 Å². The molecule has 0 unspecified atom stereocenters. The van der Waals surface area contributed by atoms with E-state index in [1.54, 1.807) is 55.5 Å². The molecule has 1 saturated heterocycles. The predicted octanol–water partition coefficient (Wildman–Crippen LogP) is 4.37. The second-order valence-electron chi connectivity index (χ2n) is 6.58. The maximum absolute atomic E-state index is 12.8. The SMILES string of the molecule is C[C@H](Oc1ccccc1Cl)C(=O)Nc1ccccc1C(=O)N1CCCCC1. The van der Waals surface area contributed by atoms with E-state index in [9.17, 15) is 9.59 Å². The Morgan fingerprint density at radius 2 is 1.70 bits per heavy atom. The highest BCUT2D eigenvalue weighted by Crippen LogP contribution is 2.25. The molecule has 0 aromatic heterocycles. The highest BCUT2D eigenvalue weighted by atomic mass is 35.5. The molecule has 0 spiro atoms. The van der Waals surface area contributed by atoms with Crippen molar-refractivity contribution < 1.29 is 14.3 Å². The van der Waals surface area contributed by atoms with E-state index < -0.39 is 6.10 Å². The van der Waals surface area contributed by atoms with E-state index >= 15 is 0 Å². The number of benzene rings is 2. The molecular formula is C21H23ClN2O3. The number of hydrogen-bond donors (Lipinski definition) is 1. The molecule has 6 heteroatoms. The smallest absolute Gasteiger partial charge is 0.265 e. The predicted molar refractivity (Wildman–Crippen MR) is 106 cm³/mol. The van der Waals surface area contributed by atoms with Crippen molar-refractivity contribution in [2.45, 2.75) is 32.3 Å². The fourth-order valence-corrected chi connectivity index (χ4v) is 3.24. The molecule has 0 radical (unpaired) electrons. The van der Waals surface area contributed by atoms with Gasteiger partial charge in [-0.1, -0.05) is 35.9 Å². The summed E-state index contributed by atoms with van der Waals surface area (Å²) < 4.78 is 5.66. The number of rotatable bonds is 5. The average molecular weight is 387 g/mol. The minimum absolute atomic E-state index is 0.0507. The first-order valence-electron chi connectivity index (χ1n) is 9.16. The number of anilines is 1. The van der Waals surface area contributed by atoms with Gasteiger partial charge in [-0.15, -0.1) is 0 Å². The number of nitrogens with zero attached hydrogens (tertiary/aromatic N) is 1. The number of piperidine rings is 1. The van der Waals surface area contributed by atoms with Gasteiger partial charge in [0.25, 0.3) is 11.8 Å². The molecule has 2 amide bonds. The van der Waals surface area contributed by atoms with Crippen LogP contribution in [0.25, 0.3) is 0 Å². The van der Waals surface area contributed by atoms with Crippen molar-refractivity contribution in [2.75, 3.05) is 18.4 Å². The van der Waals surface area contributed by atoms with Gasteiger partial charge in [-0.05, 0) is 50.5 Å². The van der Waals surface area contributed by atoms with Crippen LogP contribution in [0, 0.1) is 0 Å². The molecule has 0 saturated carbocycles. The van der Waals surface area contributed by atoms with Crippen LogP contribution in [0.4, 0.5) is 5.69 Å². The minimum atomic E-state index is -0.761. The molecule has 0 aliphatic carbocycles. The normalized spacial score (nSPS) is 15.1. The first kappa shape index (κ1) is 19.2. The first-order valence-corrected chi connectivity index (χ1v) is 9.54. The van der Waals surface area contributed by atoms with Gasteiger partial charge in [-0.2, -0.15) is 0 Å². The van der Waals surface area contributed by atoms with Crippen molar-refractivity contribution in [2.24, 2.45) is 0 Å². The van der Waals surface area contributed by atoms with E-state index in [1.165, 1.54) is 0 Å². The Morgan fingerprint density at radius 3 is 2.44 bits per heavy atom. The van der Waals surface area contributed by atoms with E-state index in [1.807, 2.05) is 4.90 Å². The zero-order valence-corrected chi connectivity index (χ0v) is 16.0. The maximum Gasteiger partial charge on any atom is 0.265 e.